The van der Waals surface area contributed by atoms with E-state index in [1.54, 1.807) is 5.57 Å². The summed E-state index contributed by atoms with van der Waals surface area (Å²) in [5, 5.41) is 7.40. The van der Waals surface area contributed by atoms with Crippen molar-refractivity contribution in [3.05, 3.63) is 79.0 Å². The first kappa shape index (κ1) is 29.2. The second-order valence-electron chi connectivity index (χ2n) is 10.8. The van der Waals surface area contributed by atoms with Crippen LogP contribution in [0.4, 0.5) is 0 Å². The fourth-order valence-electron chi connectivity index (χ4n) is 6.97. The van der Waals surface area contributed by atoms with Crippen LogP contribution in [-0.2, 0) is 17.0 Å². The molecule has 1 aliphatic heterocycles. The van der Waals surface area contributed by atoms with Gasteiger partial charge in [0.25, 0.3) is 0 Å². The average Bonchev–Trinajstić information content (AvgIpc) is 3.26. The van der Waals surface area contributed by atoms with Gasteiger partial charge in [-0.1, -0.05) is 87.6 Å². The van der Waals surface area contributed by atoms with Crippen molar-refractivity contribution in [2.75, 3.05) is 26.2 Å². The van der Waals surface area contributed by atoms with Crippen molar-refractivity contribution < 1.29 is 17.0 Å². The van der Waals surface area contributed by atoms with Crippen molar-refractivity contribution in [1.29, 1.82) is 0 Å². The summed E-state index contributed by atoms with van der Waals surface area (Å²) in [5.41, 5.74) is 3.85. The second-order valence-corrected chi connectivity index (χ2v) is 18.0. The molecule has 0 spiro atoms. The van der Waals surface area contributed by atoms with Gasteiger partial charge in [-0.25, -0.2) is 0 Å². The summed E-state index contributed by atoms with van der Waals surface area (Å²) in [5.74, 6) is 2.86. The number of benzene rings is 2. The zero-order chi connectivity index (χ0) is 24.3. The number of rotatable bonds is 4. The van der Waals surface area contributed by atoms with Crippen LogP contribution in [0.3, 0.4) is 0 Å². The molecule has 1 saturated heterocycles. The standard InChI is InChI=1S/C28H37N2Si.CH3.2ClH.Ti/c1-20(2)26-19-27-24(23-12-7-10-21-9-5-6-11-22(21)23)13-8-14-25(27)28(26)31(3,4)30-17-15-29-16-18-30;;;;/h5-14,20,25-28H,15-19H2,1-4H3;1H3;2*1H;/q2*-1;;;+2/p-2. The Morgan fingerprint density at radius 1 is 1.03 bits per heavy atom. The number of piperazine rings is 1. The molecule has 0 bridgehead atoms. The van der Waals surface area contributed by atoms with Crippen LogP contribution in [0.15, 0.2) is 60.7 Å². The third-order valence-corrected chi connectivity index (χ3v) is 13.0. The maximum absolute atomic E-state index is 4.89. The van der Waals surface area contributed by atoms with Gasteiger partial charge in [-0.15, -0.1) is 13.1 Å². The normalized spacial score (nSPS) is 26.4. The number of fused-ring (bicyclic) bond motifs is 2. The molecule has 3 aliphatic rings. The Labute approximate surface area is 231 Å². The topological polar surface area (TPSA) is 17.3 Å². The Morgan fingerprint density at radius 3 is 2.37 bits per heavy atom. The first-order valence-electron chi connectivity index (χ1n) is 12.6. The van der Waals surface area contributed by atoms with E-state index in [1.165, 1.54) is 35.8 Å². The molecule has 4 unspecified atom stereocenters. The zero-order valence-electron chi connectivity index (χ0n) is 21.8. The molecule has 2 nitrogen and oxygen atoms in total. The predicted molar refractivity (Wildman–Crippen MR) is 155 cm³/mol. The summed E-state index contributed by atoms with van der Waals surface area (Å²) in [6.07, 6.45) is 8.72. The molecular weight excluding hydrogens is 523 g/mol. The molecule has 2 fully saturated rings. The molecule has 5 rings (SSSR count). The summed E-state index contributed by atoms with van der Waals surface area (Å²) in [6, 6.07) is 15.8. The molecule has 4 atom stereocenters. The van der Waals surface area contributed by atoms with Gasteiger partial charge in [-0.2, -0.15) is 0 Å². The fraction of sp³-hybridized carbons (Fsp3) is 0.483. The molecule has 0 aromatic heterocycles. The summed E-state index contributed by atoms with van der Waals surface area (Å²) in [4.78, 5) is 0. The molecule has 1 heterocycles. The Kier molecular flexibility index (Phi) is 10.8. The van der Waals surface area contributed by atoms with Crippen LogP contribution in [-0.4, -0.2) is 39.0 Å². The maximum atomic E-state index is 4.89. The molecular formula is C29H40Cl2N2SiTi-2. The quantitative estimate of drug-likeness (QED) is 0.269. The Bertz CT molecular complexity index is 1030. The molecule has 0 amide bonds. The van der Waals surface area contributed by atoms with Crippen molar-refractivity contribution in [3.8, 4) is 0 Å². The molecule has 6 heteroatoms. The summed E-state index contributed by atoms with van der Waals surface area (Å²) < 4.78 is 2.88. The van der Waals surface area contributed by atoms with Crippen LogP contribution in [0.2, 0.25) is 18.6 Å². The number of hydrogen-bond donors (Lipinski definition) is 0. The van der Waals surface area contributed by atoms with E-state index in [4.69, 9.17) is 18.6 Å². The van der Waals surface area contributed by atoms with Crippen LogP contribution in [0.25, 0.3) is 21.7 Å². The average molecular weight is 564 g/mol. The Balaban J connectivity index is 0.000000815. The van der Waals surface area contributed by atoms with Crippen molar-refractivity contribution in [2.45, 2.75) is 38.9 Å². The van der Waals surface area contributed by atoms with Gasteiger partial charge in [0.1, 0.15) is 8.24 Å². The van der Waals surface area contributed by atoms with Crippen molar-refractivity contribution in [2.24, 2.45) is 23.7 Å². The van der Waals surface area contributed by atoms with Crippen LogP contribution in [0.5, 0.6) is 0 Å². The van der Waals surface area contributed by atoms with E-state index in [0.717, 1.165) is 30.5 Å². The van der Waals surface area contributed by atoms with Crippen LogP contribution < -0.4 is 0 Å². The van der Waals surface area contributed by atoms with E-state index in [0.29, 0.717) is 11.8 Å². The van der Waals surface area contributed by atoms with E-state index in [2.05, 4.69) is 97.5 Å². The van der Waals surface area contributed by atoms with Crippen molar-refractivity contribution in [3.63, 3.8) is 0 Å². The van der Waals surface area contributed by atoms with Gasteiger partial charge in [0, 0.05) is 0 Å². The van der Waals surface area contributed by atoms with Crippen LogP contribution >= 0.6 is 18.6 Å². The number of hydrogen-bond acceptors (Lipinski definition) is 1. The number of allylic oxidation sites excluding steroid dienone is 4. The molecule has 0 radical (unpaired) electrons. The van der Waals surface area contributed by atoms with Gasteiger partial charge in [-0.05, 0) is 70.6 Å². The molecule has 2 aromatic carbocycles. The third kappa shape index (κ3) is 6.03. The van der Waals surface area contributed by atoms with Gasteiger partial charge >= 0.3 is 35.6 Å². The first-order chi connectivity index (χ1) is 16.4. The van der Waals surface area contributed by atoms with E-state index in [1.807, 2.05) is 0 Å². The summed E-state index contributed by atoms with van der Waals surface area (Å²) >= 11 is -0.556. The predicted octanol–water partition coefficient (Wildman–Crippen LogP) is 8.79. The molecule has 190 valence electrons. The van der Waals surface area contributed by atoms with E-state index in [9.17, 15) is 0 Å². The molecule has 0 N–H and O–H groups in total. The molecule has 2 aromatic rings. The minimum atomic E-state index is -1.59. The molecule has 2 aliphatic carbocycles. The van der Waals surface area contributed by atoms with Gasteiger partial charge in [0.2, 0.25) is 0 Å². The Hall–Kier alpha value is -0.389. The van der Waals surface area contributed by atoms with E-state index in [-0.39, 0.29) is 7.43 Å². The van der Waals surface area contributed by atoms with E-state index >= 15 is 0 Å². The minimum absolute atomic E-state index is 0. The molecule has 1 saturated carbocycles. The fourth-order valence-corrected chi connectivity index (χ4v) is 11.6. The van der Waals surface area contributed by atoms with Crippen molar-refractivity contribution in [1.82, 2.24) is 4.57 Å². The molecule has 35 heavy (non-hydrogen) atoms. The van der Waals surface area contributed by atoms with Gasteiger partial charge in [0.15, 0.2) is 0 Å². The van der Waals surface area contributed by atoms with Crippen molar-refractivity contribution >= 4 is 43.2 Å². The number of nitrogens with zero attached hydrogens (tertiary/aromatic N) is 2. The van der Waals surface area contributed by atoms with Gasteiger partial charge in [-0.3, -0.25) is 0 Å². The zero-order valence-corrected chi connectivity index (χ0v) is 25.9. The van der Waals surface area contributed by atoms with Gasteiger partial charge < -0.3 is 17.3 Å². The second kappa shape index (κ2) is 12.9. The SMILES string of the molecule is CC(C)C1CC2C(c3cccc4ccccc34)=CC=CC2C1[Si](C)(C)N1CC[N-]CC1.[CH3-].[Cl][Ti][Cl]. The van der Waals surface area contributed by atoms with Gasteiger partial charge in [0.05, 0.1) is 0 Å². The number of halogens is 2. The first-order valence-corrected chi connectivity index (χ1v) is 19.9. The summed E-state index contributed by atoms with van der Waals surface area (Å²) in [6.45, 7) is 14.7. The summed E-state index contributed by atoms with van der Waals surface area (Å²) in [7, 11) is 8.18. The third-order valence-electron chi connectivity index (χ3n) is 8.52. The van der Waals surface area contributed by atoms with E-state index < -0.39 is 25.3 Å². The van der Waals surface area contributed by atoms with Crippen LogP contribution in [0.1, 0.15) is 25.8 Å². The van der Waals surface area contributed by atoms with Crippen LogP contribution in [0, 0.1) is 31.1 Å². The monoisotopic (exact) mass is 562 g/mol. The Morgan fingerprint density at radius 2 is 1.69 bits per heavy atom.